The molecule has 3 heterocycles. The summed E-state index contributed by atoms with van der Waals surface area (Å²) in [4.78, 5) is 9.11. The van der Waals surface area contributed by atoms with Crippen LogP contribution < -0.4 is 0 Å². The van der Waals surface area contributed by atoms with Crippen LogP contribution in [0.1, 0.15) is 29.9 Å². The minimum absolute atomic E-state index is 0. The van der Waals surface area contributed by atoms with Crippen molar-refractivity contribution in [1.29, 1.82) is 0 Å². The Balaban J connectivity index is 0.00000192. The summed E-state index contributed by atoms with van der Waals surface area (Å²) in [6, 6.07) is 11.7. The van der Waals surface area contributed by atoms with E-state index in [0.717, 1.165) is 46.1 Å². The SMILES string of the molecule is CS(=O)(=O)Cc1ccc2nc(-c3[nH]nc4ncccc34)cc(C3CC3)c2c1.Cl. The maximum Gasteiger partial charge on any atom is 0.181 e. The van der Waals surface area contributed by atoms with E-state index in [4.69, 9.17) is 4.98 Å². The molecule has 4 aromatic rings. The third kappa shape index (κ3) is 3.47. The number of aromatic amines is 1. The number of nitrogens with one attached hydrogen (secondary N) is 1. The number of sulfone groups is 1. The lowest BCUT2D eigenvalue weighted by molar-refractivity contribution is 0.601. The maximum atomic E-state index is 11.7. The average Bonchev–Trinajstić information content (AvgIpc) is 3.38. The van der Waals surface area contributed by atoms with Crippen molar-refractivity contribution in [2.24, 2.45) is 0 Å². The van der Waals surface area contributed by atoms with E-state index < -0.39 is 9.84 Å². The van der Waals surface area contributed by atoms with E-state index in [1.807, 2.05) is 30.3 Å². The molecule has 144 valence electrons. The van der Waals surface area contributed by atoms with Crippen LogP contribution in [0.4, 0.5) is 0 Å². The molecule has 0 radical (unpaired) electrons. The van der Waals surface area contributed by atoms with Crippen molar-refractivity contribution in [2.45, 2.75) is 24.5 Å². The number of pyridine rings is 2. The molecule has 3 aromatic heterocycles. The second-order valence-corrected chi connectivity index (χ2v) is 9.41. The van der Waals surface area contributed by atoms with Crippen LogP contribution in [0.2, 0.25) is 0 Å². The molecular formula is C20H19ClN4O2S. The molecule has 6 nitrogen and oxygen atoms in total. The molecule has 28 heavy (non-hydrogen) atoms. The molecular weight excluding hydrogens is 396 g/mol. The third-order valence-electron chi connectivity index (χ3n) is 4.94. The van der Waals surface area contributed by atoms with E-state index in [0.29, 0.717) is 11.6 Å². The van der Waals surface area contributed by atoms with E-state index >= 15 is 0 Å². The summed E-state index contributed by atoms with van der Waals surface area (Å²) in [6.45, 7) is 0. The summed E-state index contributed by atoms with van der Waals surface area (Å²) in [5, 5.41) is 9.34. The second kappa shape index (κ2) is 6.83. The first-order valence-corrected chi connectivity index (χ1v) is 10.9. The van der Waals surface area contributed by atoms with Crippen LogP contribution in [0, 0.1) is 0 Å². The summed E-state index contributed by atoms with van der Waals surface area (Å²) in [5.41, 5.74) is 5.29. The van der Waals surface area contributed by atoms with Crippen molar-refractivity contribution < 1.29 is 8.42 Å². The lowest BCUT2D eigenvalue weighted by Crippen LogP contribution is -2.01. The van der Waals surface area contributed by atoms with E-state index in [-0.39, 0.29) is 18.2 Å². The average molecular weight is 415 g/mol. The van der Waals surface area contributed by atoms with Gasteiger partial charge in [-0.25, -0.2) is 18.4 Å². The molecule has 0 saturated heterocycles. The monoisotopic (exact) mass is 414 g/mol. The van der Waals surface area contributed by atoms with Gasteiger partial charge in [-0.2, -0.15) is 5.10 Å². The molecule has 5 rings (SSSR count). The minimum Gasteiger partial charge on any atom is -0.273 e. The Hall–Kier alpha value is -2.51. The molecule has 8 heteroatoms. The Morgan fingerprint density at radius 3 is 2.71 bits per heavy atom. The molecule has 0 atom stereocenters. The van der Waals surface area contributed by atoms with Crippen molar-refractivity contribution in [3.63, 3.8) is 0 Å². The van der Waals surface area contributed by atoms with E-state index in [1.54, 1.807) is 6.20 Å². The van der Waals surface area contributed by atoms with Gasteiger partial charge in [0.1, 0.15) is 0 Å². The molecule has 0 unspecified atom stereocenters. The summed E-state index contributed by atoms with van der Waals surface area (Å²) in [6.07, 6.45) is 5.29. The van der Waals surface area contributed by atoms with Gasteiger partial charge < -0.3 is 0 Å². The topological polar surface area (TPSA) is 88.6 Å². The van der Waals surface area contributed by atoms with Gasteiger partial charge in [0.15, 0.2) is 15.5 Å². The first-order valence-electron chi connectivity index (χ1n) is 8.89. The van der Waals surface area contributed by atoms with Crippen molar-refractivity contribution in [3.05, 3.63) is 53.7 Å². The van der Waals surface area contributed by atoms with E-state index in [2.05, 4.69) is 21.2 Å². The number of aromatic nitrogens is 4. The van der Waals surface area contributed by atoms with Crippen molar-refractivity contribution >= 4 is 44.2 Å². The maximum absolute atomic E-state index is 11.7. The number of halogens is 1. The van der Waals surface area contributed by atoms with Gasteiger partial charge in [-0.3, -0.25) is 5.10 Å². The van der Waals surface area contributed by atoms with Gasteiger partial charge in [-0.05, 0) is 60.2 Å². The van der Waals surface area contributed by atoms with Gasteiger partial charge in [-0.1, -0.05) is 6.07 Å². The van der Waals surface area contributed by atoms with E-state index in [1.165, 1.54) is 11.8 Å². The minimum atomic E-state index is -3.07. The van der Waals surface area contributed by atoms with Crippen LogP contribution in [-0.4, -0.2) is 34.8 Å². The highest BCUT2D eigenvalue weighted by molar-refractivity contribution is 7.89. The van der Waals surface area contributed by atoms with Gasteiger partial charge >= 0.3 is 0 Å². The lowest BCUT2D eigenvalue weighted by atomic mass is 10.0. The highest BCUT2D eigenvalue weighted by Crippen LogP contribution is 2.44. The van der Waals surface area contributed by atoms with Crippen LogP contribution in [0.5, 0.6) is 0 Å². The number of nitrogens with zero attached hydrogens (tertiary/aromatic N) is 3. The van der Waals surface area contributed by atoms with Crippen LogP contribution in [0.25, 0.3) is 33.3 Å². The molecule has 0 amide bonds. The summed E-state index contributed by atoms with van der Waals surface area (Å²) in [5.74, 6) is 0.557. The number of benzene rings is 1. The molecule has 1 aromatic carbocycles. The first kappa shape index (κ1) is 18.8. The Labute approximate surface area is 168 Å². The second-order valence-electron chi connectivity index (χ2n) is 7.27. The van der Waals surface area contributed by atoms with Crippen LogP contribution in [0.3, 0.4) is 0 Å². The molecule has 1 aliphatic carbocycles. The largest absolute Gasteiger partial charge is 0.273 e. The van der Waals surface area contributed by atoms with Crippen molar-refractivity contribution in [2.75, 3.05) is 6.26 Å². The Morgan fingerprint density at radius 1 is 1.14 bits per heavy atom. The number of H-pyrrole nitrogens is 1. The summed E-state index contributed by atoms with van der Waals surface area (Å²) in [7, 11) is -3.07. The zero-order chi connectivity index (χ0) is 18.6. The normalized spacial score (nSPS) is 14.3. The van der Waals surface area contributed by atoms with E-state index in [9.17, 15) is 8.42 Å². The third-order valence-corrected chi connectivity index (χ3v) is 5.79. The number of rotatable bonds is 4. The first-order chi connectivity index (χ1) is 13.0. The Kier molecular flexibility index (Phi) is 4.59. The molecule has 0 aliphatic heterocycles. The van der Waals surface area contributed by atoms with Gasteiger partial charge in [-0.15, -0.1) is 12.4 Å². The molecule has 0 spiro atoms. The molecule has 0 bridgehead atoms. The highest BCUT2D eigenvalue weighted by Gasteiger charge is 2.27. The zero-order valence-electron chi connectivity index (χ0n) is 15.2. The fourth-order valence-corrected chi connectivity index (χ4v) is 4.38. The van der Waals surface area contributed by atoms with Gasteiger partial charge in [0.05, 0.1) is 22.7 Å². The van der Waals surface area contributed by atoms with Crippen LogP contribution >= 0.6 is 12.4 Å². The van der Waals surface area contributed by atoms with Crippen molar-refractivity contribution in [3.8, 4) is 11.4 Å². The zero-order valence-corrected chi connectivity index (χ0v) is 16.8. The van der Waals surface area contributed by atoms with Gasteiger partial charge in [0, 0.05) is 23.2 Å². The quantitative estimate of drug-likeness (QED) is 0.544. The molecule has 1 aliphatic rings. The van der Waals surface area contributed by atoms with Gasteiger partial charge in [0.25, 0.3) is 0 Å². The smallest absolute Gasteiger partial charge is 0.181 e. The van der Waals surface area contributed by atoms with Gasteiger partial charge in [0.2, 0.25) is 0 Å². The summed E-state index contributed by atoms with van der Waals surface area (Å²) < 4.78 is 23.3. The predicted octanol–water partition coefficient (Wildman–Crippen LogP) is 4.02. The van der Waals surface area contributed by atoms with Crippen LogP contribution in [-0.2, 0) is 15.6 Å². The number of fused-ring (bicyclic) bond motifs is 2. The molecule has 1 saturated carbocycles. The van der Waals surface area contributed by atoms with Crippen LogP contribution in [0.15, 0.2) is 42.6 Å². The predicted molar refractivity (Wildman–Crippen MR) is 112 cm³/mol. The Bertz CT molecular complexity index is 1300. The standard InChI is InChI=1S/C20H18N4O2S.ClH/c1-27(25,26)11-12-4-7-17-16(9-12)15(13-5-6-13)10-18(22-17)19-14-3-2-8-21-20(14)24-23-19;/h2-4,7-10,13H,5-6,11H2,1H3,(H,21,23,24);1H. The lowest BCUT2D eigenvalue weighted by Gasteiger charge is -2.10. The Morgan fingerprint density at radius 2 is 1.96 bits per heavy atom. The molecule has 1 N–H and O–H groups in total. The number of hydrogen-bond donors (Lipinski definition) is 1. The number of hydrogen-bond acceptors (Lipinski definition) is 5. The van der Waals surface area contributed by atoms with Crippen molar-refractivity contribution in [1.82, 2.24) is 20.2 Å². The highest BCUT2D eigenvalue weighted by atomic mass is 35.5. The fourth-order valence-electron chi connectivity index (χ4n) is 3.60. The fraction of sp³-hybridized carbons (Fsp3) is 0.250. The molecule has 1 fully saturated rings. The summed E-state index contributed by atoms with van der Waals surface area (Å²) >= 11 is 0.